The average Bonchev–Trinajstić information content (AvgIpc) is 2.06. The summed E-state index contributed by atoms with van der Waals surface area (Å²) in [7, 11) is -5.84. The van der Waals surface area contributed by atoms with Crippen LogP contribution in [0.3, 0.4) is 0 Å². The van der Waals surface area contributed by atoms with Gasteiger partial charge in [0.15, 0.2) is 5.25 Å². The van der Waals surface area contributed by atoms with Crippen LogP contribution < -0.4 is 0 Å². The third-order valence-electron chi connectivity index (χ3n) is 2.13. The maximum atomic E-state index is 12.8. The van der Waals surface area contributed by atoms with E-state index in [1.807, 2.05) is 0 Å². The molecule has 0 radical (unpaired) electrons. The molecule has 0 saturated heterocycles. The van der Waals surface area contributed by atoms with E-state index in [4.69, 9.17) is 4.55 Å². The summed E-state index contributed by atoms with van der Waals surface area (Å²) in [5, 5.41) is -7.18. The fourth-order valence-corrected chi connectivity index (χ4v) is 2.97. The normalized spacial score (nSPS) is 34.1. The summed E-state index contributed by atoms with van der Waals surface area (Å²) in [5.41, 5.74) is 0. The summed E-state index contributed by atoms with van der Waals surface area (Å²) in [6.45, 7) is 0. The van der Waals surface area contributed by atoms with Gasteiger partial charge in [0.25, 0.3) is 10.1 Å². The Morgan fingerprint density at radius 1 is 1.06 bits per heavy atom. The van der Waals surface area contributed by atoms with Crippen LogP contribution in [0, 0.1) is 0 Å². The van der Waals surface area contributed by atoms with Crippen molar-refractivity contribution in [2.45, 2.75) is 28.4 Å². The minimum atomic E-state index is -5.95. The van der Waals surface area contributed by atoms with Gasteiger partial charge in [0, 0.05) is 0 Å². The molecule has 100 valence electrons. The molecule has 0 bridgehead atoms. The van der Waals surface area contributed by atoms with E-state index in [0.29, 0.717) is 0 Å². The monoisotopic (exact) mass is 432 g/mol. The SMILES string of the molecule is O=S(=O)(O)C1C(Cl)C(F)(F)C(F)(F)C1(F)F.[Ba+2].[H-].[H-]. The molecular formula is C5H5BaClF6O3S. The van der Waals surface area contributed by atoms with Crippen molar-refractivity contribution >= 4 is 70.6 Å². The molecule has 12 heteroatoms. The largest absolute Gasteiger partial charge is 2.00 e. The van der Waals surface area contributed by atoms with Gasteiger partial charge in [-0.3, -0.25) is 4.55 Å². The Bertz CT molecular complexity index is 421. The van der Waals surface area contributed by atoms with Crippen LogP contribution in [-0.4, -0.2) is 90.2 Å². The zero-order chi connectivity index (χ0) is 13.2. The topological polar surface area (TPSA) is 54.4 Å². The number of hydrogen-bond acceptors (Lipinski definition) is 2. The minimum absolute atomic E-state index is 0. The van der Waals surface area contributed by atoms with Gasteiger partial charge in [-0.25, -0.2) is 0 Å². The van der Waals surface area contributed by atoms with Gasteiger partial charge >= 0.3 is 66.6 Å². The molecule has 0 heterocycles. The Labute approximate surface area is 140 Å². The third-order valence-corrected chi connectivity index (χ3v) is 4.01. The zero-order valence-corrected chi connectivity index (χ0v) is 13.7. The van der Waals surface area contributed by atoms with Crippen molar-refractivity contribution in [2.24, 2.45) is 0 Å². The Hall–Kier alpha value is 1.35. The van der Waals surface area contributed by atoms with E-state index in [1.54, 1.807) is 0 Å². The van der Waals surface area contributed by atoms with Gasteiger partial charge in [-0.05, 0) is 0 Å². The van der Waals surface area contributed by atoms with Crippen LogP contribution in [0.15, 0.2) is 0 Å². The van der Waals surface area contributed by atoms with Crippen molar-refractivity contribution in [1.29, 1.82) is 0 Å². The second kappa shape index (κ2) is 4.72. The summed E-state index contributed by atoms with van der Waals surface area (Å²) >= 11 is 4.57. The Morgan fingerprint density at radius 2 is 1.41 bits per heavy atom. The number of hydrogen-bond donors (Lipinski definition) is 1. The van der Waals surface area contributed by atoms with Crippen LogP contribution in [0.4, 0.5) is 26.3 Å². The molecule has 0 aromatic carbocycles. The predicted octanol–water partition coefficient (Wildman–Crippen LogP) is 1.61. The van der Waals surface area contributed by atoms with Crippen molar-refractivity contribution < 1.29 is 42.2 Å². The smallest absolute Gasteiger partial charge is 1.00 e. The molecule has 1 aliphatic carbocycles. The van der Waals surface area contributed by atoms with Crippen LogP contribution in [-0.2, 0) is 10.1 Å². The number of rotatable bonds is 1. The Kier molecular flexibility index (Phi) is 5.10. The maximum Gasteiger partial charge on any atom is 2.00 e. The molecule has 0 spiro atoms. The molecule has 0 aliphatic heterocycles. The molecule has 3 nitrogen and oxygen atoms in total. The fourth-order valence-electron chi connectivity index (χ4n) is 1.29. The molecule has 1 N–H and O–H groups in total. The van der Waals surface area contributed by atoms with Crippen molar-refractivity contribution in [3.8, 4) is 0 Å². The first kappa shape index (κ1) is 18.4. The van der Waals surface area contributed by atoms with Crippen molar-refractivity contribution in [1.82, 2.24) is 0 Å². The van der Waals surface area contributed by atoms with Gasteiger partial charge in [-0.2, -0.15) is 34.8 Å². The molecular weight excluding hydrogens is 427 g/mol. The molecule has 0 aromatic rings. The van der Waals surface area contributed by atoms with Crippen LogP contribution in [0.25, 0.3) is 0 Å². The van der Waals surface area contributed by atoms with Crippen LogP contribution >= 0.6 is 11.6 Å². The van der Waals surface area contributed by atoms with Gasteiger partial charge in [0.1, 0.15) is 5.38 Å². The molecule has 17 heavy (non-hydrogen) atoms. The first-order valence-corrected chi connectivity index (χ1v) is 5.45. The van der Waals surface area contributed by atoms with Crippen LogP contribution in [0.2, 0.25) is 0 Å². The maximum absolute atomic E-state index is 12.8. The Morgan fingerprint density at radius 3 is 1.53 bits per heavy atom. The summed E-state index contributed by atoms with van der Waals surface area (Å²) in [6, 6.07) is 0. The second-order valence-corrected chi connectivity index (χ2v) is 5.17. The van der Waals surface area contributed by atoms with Crippen LogP contribution in [0.1, 0.15) is 2.85 Å². The summed E-state index contributed by atoms with van der Waals surface area (Å²) in [5.74, 6) is -17.1. The zero-order valence-electron chi connectivity index (χ0n) is 9.68. The first-order valence-electron chi connectivity index (χ1n) is 3.51. The summed E-state index contributed by atoms with van der Waals surface area (Å²) in [6.07, 6.45) is 0. The fraction of sp³-hybridized carbons (Fsp3) is 1.00. The summed E-state index contributed by atoms with van der Waals surface area (Å²) < 4.78 is 105. The van der Waals surface area contributed by atoms with E-state index < -0.39 is 38.5 Å². The minimum Gasteiger partial charge on any atom is -1.00 e. The van der Waals surface area contributed by atoms with Gasteiger partial charge in [0.05, 0.1) is 0 Å². The standard InChI is InChI=1S/C5H3ClF6O3S.Ba.2H/c6-1-2(16(13,14)15)4(9,10)5(11,12)3(1,7)8;;;/h1-2H,(H,13,14,15);;;/q;+2;2*-1. The van der Waals surface area contributed by atoms with E-state index in [0.717, 1.165) is 0 Å². The molecule has 1 saturated carbocycles. The number of alkyl halides is 7. The molecule has 1 aliphatic rings. The second-order valence-electron chi connectivity index (χ2n) is 3.16. The summed E-state index contributed by atoms with van der Waals surface area (Å²) in [4.78, 5) is 0. The van der Waals surface area contributed by atoms with Gasteiger partial charge < -0.3 is 2.85 Å². The van der Waals surface area contributed by atoms with E-state index in [9.17, 15) is 34.8 Å². The van der Waals surface area contributed by atoms with Crippen molar-refractivity contribution in [3.05, 3.63) is 0 Å². The van der Waals surface area contributed by atoms with Crippen molar-refractivity contribution in [2.75, 3.05) is 0 Å². The van der Waals surface area contributed by atoms with E-state index in [1.165, 1.54) is 0 Å². The molecule has 0 aromatic heterocycles. The van der Waals surface area contributed by atoms with E-state index in [-0.39, 0.29) is 51.7 Å². The van der Waals surface area contributed by atoms with E-state index in [2.05, 4.69) is 11.6 Å². The molecule has 1 rings (SSSR count). The number of halogens is 7. The third kappa shape index (κ3) is 2.39. The Balaban J connectivity index is -0.000000853. The van der Waals surface area contributed by atoms with Crippen molar-refractivity contribution in [3.63, 3.8) is 0 Å². The molecule has 2 atom stereocenters. The average molecular weight is 432 g/mol. The predicted molar refractivity (Wildman–Crippen MR) is 47.8 cm³/mol. The van der Waals surface area contributed by atoms with Gasteiger partial charge in [-0.1, -0.05) is 0 Å². The van der Waals surface area contributed by atoms with Gasteiger partial charge in [0.2, 0.25) is 0 Å². The molecule has 2 unspecified atom stereocenters. The van der Waals surface area contributed by atoms with Crippen LogP contribution in [0.5, 0.6) is 0 Å². The first-order chi connectivity index (χ1) is 6.78. The quantitative estimate of drug-likeness (QED) is 0.297. The van der Waals surface area contributed by atoms with Gasteiger partial charge in [-0.15, -0.1) is 11.6 Å². The van der Waals surface area contributed by atoms with E-state index >= 15 is 0 Å². The molecule has 0 amide bonds. The molecule has 1 fully saturated rings.